The summed E-state index contributed by atoms with van der Waals surface area (Å²) >= 11 is 0.651. The van der Waals surface area contributed by atoms with Crippen LogP contribution in [0, 0.1) is 12.3 Å². The van der Waals surface area contributed by atoms with Crippen molar-refractivity contribution < 1.29 is 24.6 Å². The monoisotopic (exact) mass is 361 g/mol. The minimum atomic E-state index is -1.89. The summed E-state index contributed by atoms with van der Waals surface area (Å²) in [7, 11) is 0. The van der Waals surface area contributed by atoms with Crippen LogP contribution in [0.2, 0.25) is 0 Å². The number of aryl methyl sites for hydroxylation is 1. The number of hydrogen-bond donors (Lipinski definition) is 4. The normalized spacial score (nSPS) is 25.1. The molecule has 1 unspecified atom stereocenters. The quantitative estimate of drug-likeness (QED) is 0.345. The van der Waals surface area contributed by atoms with Gasteiger partial charge in [-0.25, -0.2) is 0 Å². The molecule has 2 fully saturated rings. The highest BCUT2D eigenvalue weighted by Gasteiger charge is 2.65. The average Bonchev–Trinajstić information content (AvgIpc) is 2.97. The van der Waals surface area contributed by atoms with Crippen LogP contribution in [0.1, 0.15) is 11.1 Å². The van der Waals surface area contributed by atoms with Crippen molar-refractivity contribution in [3.05, 3.63) is 41.0 Å². The molecule has 2 aliphatic rings. The maximum absolute atomic E-state index is 12.5. The first-order valence-electron chi connectivity index (χ1n) is 7.40. The van der Waals surface area contributed by atoms with E-state index in [0.717, 1.165) is 10.5 Å². The topological polar surface area (TPSA) is 131 Å². The molecule has 0 aromatic heterocycles. The second-order valence-corrected chi connectivity index (χ2v) is 6.83. The summed E-state index contributed by atoms with van der Waals surface area (Å²) < 4.78 is 0. The molecule has 2 aliphatic heterocycles. The van der Waals surface area contributed by atoms with Crippen LogP contribution in [0.15, 0.2) is 29.8 Å². The van der Waals surface area contributed by atoms with Crippen LogP contribution in [0.3, 0.4) is 0 Å². The second-order valence-electron chi connectivity index (χ2n) is 5.63. The van der Waals surface area contributed by atoms with E-state index in [2.05, 4.69) is 5.32 Å². The molecule has 2 saturated heterocycles. The first-order valence-corrected chi connectivity index (χ1v) is 8.21. The van der Waals surface area contributed by atoms with Gasteiger partial charge in [-0.15, -0.1) is 0 Å². The van der Waals surface area contributed by atoms with Gasteiger partial charge in [-0.05, 0) is 18.7 Å². The van der Waals surface area contributed by atoms with Gasteiger partial charge in [0, 0.05) is 12.1 Å². The van der Waals surface area contributed by atoms with Crippen LogP contribution in [-0.4, -0.2) is 55.9 Å². The minimum Gasteiger partial charge on any atom is -0.507 e. The average molecular weight is 361 g/mol. The van der Waals surface area contributed by atoms with E-state index in [0.29, 0.717) is 11.8 Å². The van der Waals surface area contributed by atoms with E-state index in [4.69, 9.17) is 5.41 Å². The molecule has 1 spiro atoms. The van der Waals surface area contributed by atoms with Crippen molar-refractivity contribution >= 4 is 40.3 Å². The molecule has 1 atom stereocenters. The number of carbonyl (C=O) groups is 3. The summed E-state index contributed by atoms with van der Waals surface area (Å²) in [5, 5.41) is 29.6. The molecule has 2 amide bonds. The van der Waals surface area contributed by atoms with Crippen molar-refractivity contribution in [2.24, 2.45) is 0 Å². The van der Waals surface area contributed by atoms with Gasteiger partial charge >= 0.3 is 0 Å². The van der Waals surface area contributed by atoms with Crippen molar-refractivity contribution in [3.63, 3.8) is 0 Å². The third-order valence-electron chi connectivity index (χ3n) is 4.06. The zero-order valence-corrected chi connectivity index (χ0v) is 14.0. The fourth-order valence-electron chi connectivity index (χ4n) is 2.89. The number of thioether (sulfide) groups is 1. The number of rotatable bonds is 3. The summed E-state index contributed by atoms with van der Waals surface area (Å²) in [5.41, 5.74) is 0.820. The highest BCUT2D eigenvalue weighted by molar-refractivity contribution is 8.16. The fourth-order valence-corrected chi connectivity index (χ4v) is 4.05. The van der Waals surface area contributed by atoms with Crippen molar-refractivity contribution in [2.75, 3.05) is 13.2 Å². The summed E-state index contributed by atoms with van der Waals surface area (Å²) in [6.07, 6.45) is 0. The van der Waals surface area contributed by atoms with Crippen molar-refractivity contribution in [2.45, 2.75) is 11.8 Å². The number of Topliss-reactive ketones (excluding diaryl/α,β-unsaturated/α-hetero) is 1. The number of aliphatic hydroxyl groups excluding tert-OH is 2. The van der Waals surface area contributed by atoms with Gasteiger partial charge in [-0.1, -0.05) is 29.8 Å². The Morgan fingerprint density at radius 1 is 1.28 bits per heavy atom. The number of benzene rings is 1. The molecule has 9 heteroatoms. The van der Waals surface area contributed by atoms with Gasteiger partial charge in [-0.3, -0.25) is 19.8 Å². The molecule has 4 N–H and O–H groups in total. The Labute approximate surface area is 147 Å². The highest BCUT2D eigenvalue weighted by atomic mass is 32.2. The lowest BCUT2D eigenvalue weighted by Gasteiger charge is -2.30. The molecule has 0 saturated carbocycles. The molecule has 130 valence electrons. The molecule has 8 nitrogen and oxygen atoms in total. The number of β-amino-alcohol motifs (C(OH)–C–C–N with tert-alkyl or cyclic N) is 1. The summed E-state index contributed by atoms with van der Waals surface area (Å²) in [6, 6.07) is 6.58. The Hall–Kier alpha value is -2.65. The summed E-state index contributed by atoms with van der Waals surface area (Å²) in [4.78, 5) is 36.4. The highest BCUT2D eigenvalue weighted by Crippen LogP contribution is 2.48. The molecular weight excluding hydrogens is 346 g/mol. The van der Waals surface area contributed by atoms with Crippen LogP contribution in [0.4, 0.5) is 0 Å². The van der Waals surface area contributed by atoms with Crippen LogP contribution in [-0.2, 0) is 14.4 Å². The number of hydrogen-bond acceptors (Lipinski definition) is 7. The lowest BCUT2D eigenvalue weighted by Crippen LogP contribution is -2.51. The van der Waals surface area contributed by atoms with Crippen LogP contribution in [0.5, 0.6) is 0 Å². The van der Waals surface area contributed by atoms with Gasteiger partial charge in [-0.2, -0.15) is 0 Å². The largest absolute Gasteiger partial charge is 0.507 e. The van der Waals surface area contributed by atoms with Gasteiger partial charge in [0.15, 0.2) is 5.17 Å². The number of nitrogens with zero attached hydrogens (tertiary/aromatic N) is 1. The molecular formula is C16H15N3O5S. The Balaban J connectivity index is 2.25. The molecule has 25 heavy (non-hydrogen) atoms. The Morgan fingerprint density at radius 2 is 1.92 bits per heavy atom. The minimum absolute atomic E-state index is 0.246. The van der Waals surface area contributed by atoms with Gasteiger partial charge in [0.25, 0.3) is 17.6 Å². The summed E-state index contributed by atoms with van der Waals surface area (Å²) in [5.74, 6) is -3.29. The van der Waals surface area contributed by atoms with E-state index in [1.54, 1.807) is 24.3 Å². The van der Waals surface area contributed by atoms with E-state index in [1.807, 2.05) is 6.92 Å². The van der Waals surface area contributed by atoms with Crippen LogP contribution < -0.4 is 5.32 Å². The molecule has 0 radical (unpaired) electrons. The SMILES string of the molecule is Cc1ccc(/C(O)=C2\C(=O)C(=O)N(CCO)C23SC(=N)NC3=O)cc1. The number of amides is 2. The molecule has 2 heterocycles. The fraction of sp³-hybridized carbons (Fsp3) is 0.250. The van der Waals surface area contributed by atoms with E-state index in [1.165, 1.54) is 0 Å². The van der Waals surface area contributed by atoms with Crippen molar-refractivity contribution in [3.8, 4) is 0 Å². The molecule has 0 aliphatic carbocycles. The number of amidine groups is 1. The predicted molar refractivity (Wildman–Crippen MR) is 90.7 cm³/mol. The zero-order chi connectivity index (χ0) is 18.4. The van der Waals surface area contributed by atoms with Gasteiger partial charge in [0.2, 0.25) is 4.87 Å². The second kappa shape index (κ2) is 6.01. The third kappa shape index (κ3) is 2.43. The maximum Gasteiger partial charge on any atom is 0.296 e. The van der Waals surface area contributed by atoms with Gasteiger partial charge in [0.05, 0.1) is 12.2 Å². The number of likely N-dealkylation sites (tertiary alicyclic amines) is 1. The first kappa shape index (κ1) is 17.2. The number of carbonyl (C=O) groups excluding carboxylic acids is 3. The number of nitrogens with one attached hydrogen (secondary N) is 2. The van der Waals surface area contributed by atoms with E-state index in [-0.39, 0.29) is 22.8 Å². The van der Waals surface area contributed by atoms with E-state index in [9.17, 15) is 24.6 Å². The zero-order valence-electron chi connectivity index (χ0n) is 13.2. The van der Waals surface area contributed by atoms with Crippen molar-refractivity contribution in [1.29, 1.82) is 5.41 Å². The first-order chi connectivity index (χ1) is 11.8. The van der Waals surface area contributed by atoms with E-state index < -0.39 is 34.8 Å². The summed E-state index contributed by atoms with van der Waals surface area (Å²) in [6.45, 7) is 1.10. The molecule has 0 bridgehead atoms. The van der Waals surface area contributed by atoms with Gasteiger partial charge in [0.1, 0.15) is 5.76 Å². The Bertz CT molecular complexity index is 833. The van der Waals surface area contributed by atoms with Gasteiger partial charge < -0.3 is 20.4 Å². The third-order valence-corrected chi connectivity index (χ3v) is 5.27. The smallest absolute Gasteiger partial charge is 0.296 e. The standard InChI is InChI=1S/C16H15N3O5S/c1-8-2-4-9(5-3-8)11(21)10-12(22)13(23)19(6-7-20)16(10)14(24)18-15(17)25-16/h2-5,20-21H,6-7H2,1H3,(H2,17,18,24)/b11-10-. The lowest BCUT2D eigenvalue weighted by molar-refractivity contribution is -0.142. The molecule has 1 aromatic carbocycles. The van der Waals surface area contributed by atoms with Crippen LogP contribution in [0.25, 0.3) is 5.76 Å². The molecule has 1 aromatic rings. The lowest BCUT2D eigenvalue weighted by atomic mass is 9.99. The molecule has 3 rings (SSSR count). The number of ketones is 1. The van der Waals surface area contributed by atoms with Crippen LogP contribution >= 0.6 is 11.8 Å². The van der Waals surface area contributed by atoms with E-state index >= 15 is 0 Å². The number of aliphatic hydroxyl groups is 2. The van der Waals surface area contributed by atoms with Crippen molar-refractivity contribution in [1.82, 2.24) is 10.2 Å². The Morgan fingerprint density at radius 3 is 2.44 bits per heavy atom. The Kier molecular flexibility index (Phi) is 4.13. The maximum atomic E-state index is 12.5. The predicted octanol–water partition coefficient (Wildman–Crippen LogP) is 0.162.